The highest BCUT2D eigenvalue weighted by Crippen LogP contribution is 2.26. The van der Waals surface area contributed by atoms with Crippen LogP contribution in [0.2, 0.25) is 0 Å². The summed E-state index contributed by atoms with van der Waals surface area (Å²) in [5.74, 6) is -0.817. The molecule has 0 bridgehead atoms. The molecule has 128 valence electrons. The summed E-state index contributed by atoms with van der Waals surface area (Å²) in [5, 5.41) is 11.9. The van der Waals surface area contributed by atoms with Crippen molar-refractivity contribution in [2.75, 3.05) is 49.7 Å². The third-order valence-electron chi connectivity index (χ3n) is 4.16. The van der Waals surface area contributed by atoms with Gasteiger partial charge in [-0.2, -0.15) is 0 Å². The van der Waals surface area contributed by atoms with E-state index < -0.39 is 11.8 Å². The highest BCUT2D eigenvalue weighted by Gasteiger charge is 2.30. The second-order valence-corrected chi connectivity index (χ2v) is 5.80. The quantitative estimate of drug-likeness (QED) is 0.764. The lowest BCUT2D eigenvalue weighted by Crippen LogP contribution is -2.36. The number of aliphatic hydroxyl groups excluding tert-OH is 1. The molecule has 2 aliphatic heterocycles. The molecule has 0 saturated carbocycles. The number of morpholine rings is 1. The van der Waals surface area contributed by atoms with E-state index in [1.54, 1.807) is 0 Å². The summed E-state index contributed by atoms with van der Waals surface area (Å²) >= 11 is 0. The summed E-state index contributed by atoms with van der Waals surface area (Å²) in [5.41, 5.74) is 3.22. The Morgan fingerprint density at radius 1 is 1.25 bits per heavy atom. The van der Waals surface area contributed by atoms with Gasteiger partial charge in [0.25, 0.3) is 11.8 Å². The summed E-state index contributed by atoms with van der Waals surface area (Å²) < 4.78 is 5.37. The lowest BCUT2D eigenvalue weighted by molar-refractivity contribution is -0.137. The second-order valence-electron chi connectivity index (χ2n) is 5.80. The summed E-state index contributed by atoms with van der Waals surface area (Å²) in [6.45, 7) is 4.96. The van der Waals surface area contributed by atoms with Crippen molar-refractivity contribution < 1.29 is 19.4 Å². The normalized spacial score (nSPS) is 18.2. The molecule has 2 heterocycles. The van der Waals surface area contributed by atoms with Crippen molar-refractivity contribution in [2.24, 2.45) is 0 Å². The van der Waals surface area contributed by atoms with E-state index in [0.29, 0.717) is 0 Å². The van der Waals surface area contributed by atoms with Crippen LogP contribution in [-0.2, 0) is 14.3 Å². The Labute approximate surface area is 140 Å². The first-order valence-corrected chi connectivity index (χ1v) is 7.99. The van der Waals surface area contributed by atoms with Gasteiger partial charge in [-0.1, -0.05) is 0 Å². The molecule has 1 aromatic carbocycles. The maximum Gasteiger partial charge on any atom is 0.277 e. The summed E-state index contributed by atoms with van der Waals surface area (Å²) in [4.78, 5) is 27.2. The van der Waals surface area contributed by atoms with Gasteiger partial charge in [0.15, 0.2) is 0 Å². The molecule has 2 amide bonds. The van der Waals surface area contributed by atoms with Gasteiger partial charge in [0.05, 0.1) is 26.4 Å². The number of hydrogen-bond donors (Lipinski definition) is 2. The van der Waals surface area contributed by atoms with Crippen LogP contribution < -0.4 is 10.2 Å². The van der Waals surface area contributed by atoms with Crippen LogP contribution in [0.5, 0.6) is 0 Å². The number of aliphatic hydroxyl groups is 1. The van der Waals surface area contributed by atoms with Gasteiger partial charge in [-0.05, 0) is 30.7 Å². The van der Waals surface area contributed by atoms with Crippen molar-refractivity contribution in [3.63, 3.8) is 0 Å². The van der Waals surface area contributed by atoms with Gasteiger partial charge in [0.2, 0.25) is 0 Å². The zero-order valence-electron chi connectivity index (χ0n) is 13.6. The molecule has 0 radical (unpaired) electrons. The Morgan fingerprint density at radius 3 is 2.67 bits per heavy atom. The predicted octanol–water partition coefficient (Wildman–Crippen LogP) is 0.489. The van der Waals surface area contributed by atoms with E-state index in [2.05, 4.69) is 10.2 Å². The van der Waals surface area contributed by atoms with Gasteiger partial charge in [-0.25, -0.2) is 0 Å². The second kappa shape index (κ2) is 7.02. The molecule has 0 unspecified atom stereocenters. The molecule has 7 heteroatoms. The number of ether oxygens (including phenoxy) is 1. The molecule has 0 aromatic heterocycles. The number of β-amino-alcohol motifs (C(OH)–C–C–N with tert-alkyl or cyclic N) is 1. The topological polar surface area (TPSA) is 82.1 Å². The molecule has 3 rings (SSSR count). The van der Waals surface area contributed by atoms with Crippen molar-refractivity contribution in [1.82, 2.24) is 4.90 Å². The number of imide groups is 1. The minimum absolute atomic E-state index is 0.00828. The molecule has 2 N–H and O–H groups in total. The lowest BCUT2D eigenvalue weighted by Gasteiger charge is -2.30. The molecule has 2 aliphatic rings. The Balaban J connectivity index is 1.72. The molecule has 7 nitrogen and oxygen atoms in total. The minimum atomic E-state index is -0.413. The Bertz CT molecular complexity index is 680. The number of benzene rings is 1. The van der Waals surface area contributed by atoms with E-state index in [0.717, 1.165) is 48.1 Å². The number of nitrogens with one attached hydrogen (secondary N) is 1. The van der Waals surface area contributed by atoms with Gasteiger partial charge in [-0.3, -0.25) is 14.5 Å². The van der Waals surface area contributed by atoms with Crippen LogP contribution in [0, 0.1) is 6.92 Å². The number of nitrogens with zero attached hydrogens (tertiary/aromatic N) is 2. The van der Waals surface area contributed by atoms with Crippen molar-refractivity contribution >= 4 is 23.2 Å². The zero-order chi connectivity index (χ0) is 17.1. The number of carbonyl (C=O) groups is 2. The maximum absolute atomic E-state index is 12.2. The third kappa shape index (κ3) is 3.27. The van der Waals surface area contributed by atoms with Crippen molar-refractivity contribution in [2.45, 2.75) is 6.92 Å². The predicted molar refractivity (Wildman–Crippen MR) is 89.7 cm³/mol. The van der Waals surface area contributed by atoms with E-state index in [1.807, 2.05) is 25.1 Å². The first-order chi connectivity index (χ1) is 11.6. The molecule has 0 atom stereocenters. The summed E-state index contributed by atoms with van der Waals surface area (Å²) in [6, 6.07) is 5.86. The smallest absolute Gasteiger partial charge is 0.277 e. The molecule has 1 fully saturated rings. The monoisotopic (exact) mass is 331 g/mol. The van der Waals surface area contributed by atoms with Crippen molar-refractivity contribution in [1.29, 1.82) is 0 Å². The van der Waals surface area contributed by atoms with Gasteiger partial charge < -0.3 is 20.1 Å². The van der Waals surface area contributed by atoms with Crippen LogP contribution in [0.1, 0.15) is 5.56 Å². The Morgan fingerprint density at radius 2 is 2.00 bits per heavy atom. The number of hydrogen-bond acceptors (Lipinski definition) is 6. The van der Waals surface area contributed by atoms with E-state index in [-0.39, 0.29) is 18.8 Å². The maximum atomic E-state index is 12.2. The SMILES string of the molecule is Cc1cc(NC2=CC(=O)N(CCO)C2=O)ccc1N1CCOCC1. The standard InChI is InChI=1S/C17H21N3O4/c1-12-10-13(2-3-15(12)19-5-8-24-9-6-19)18-14-11-16(22)20(4-7-21)17(14)23/h2-3,10-11,18,21H,4-9H2,1H3. The van der Waals surface area contributed by atoms with Crippen LogP contribution in [-0.4, -0.2) is 61.3 Å². The fraction of sp³-hybridized carbons (Fsp3) is 0.412. The third-order valence-corrected chi connectivity index (χ3v) is 4.16. The van der Waals surface area contributed by atoms with Crippen LogP contribution >= 0.6 is 0 Å². The van der Waals surface area contributed by atoms with Crippen molar-refractivity contribution in [3.05, 3.63) is 35.5 Å². The Kier molecular flexibility index (Phi) is 4.82. The first kappa shape index (κ1) is 16.5. The van der Waals surface area contributed by atoms with Gasteiger partial charge in [0.1, 0.15) is 5.70 Å². The highest BCUT2D eigenvalue weighted by atomic mass is 16.5. The van der Waals surface area contributed by atoms with Gasteiger partial charge >= 0.3 is 0 Å². The fourth-order valence-electron chi connectivity index (χ4n) is 2.96. The average Bonchev–Trinajstić information content (AvgIpc) is 2.84. The van der Waals surface area contributed by atoms with E-state index >= 15 is 0 Å². The fourth-order valence-corrected chi connectivity index (χ4v) is 2.96. The molecule has 1 aromatic rings. The Hall–Kier alpha value is -2.38. The van der Waals surface area contributed by atoms with Crippen molar-refractivity contribution in [3.8, 4) is 0 Å². The van der Waals surface area contributed by atoms with Crippen LogP contribution in [0.25, 0.3) is 0 Å². The van der Waals surface area contributed by atoms with Crippen LogP contribution in [0.15, 0.2) is 30.0 Å². The van der Waals surface area contributed by atoms with E-state index in [9.17, 15) is 9.59 Å². The zero-order valence-corrected chi connectivity index (χ0v) is 13.6. The summed E-state index contributed by atoms with van der Waals surface area (Å²) in [7, 11) is 0. The molecule has 24 heavy (non-hydrogen) atoms. The lowest BCUT2D eigenvalue weighted by atomic mass is 10.1. The number of rotatable bonds is 5. The first-order valence-electron chi connectivity index (χ1n) is 7.99. The van der Waals surface area contributed by atoms with E-state index in [1.165, 1.54) is 6.08 Å². The molecular formula is C17H21N3O4. The number of anilines is 2. The number of amides is 2. The minimum Gasteiger partial charge on any atom is -0.395 e. The van der Waals surface area contributed by atoms with E-state index in [4.69, 9.17) is 9.84 Å². The molecule has 0 spiro atoms. The molecule has 1 saturated heterocycles. The summed E-state index contributed by atoms with van der Waals surface area (Å²) in [6.07, 6.45) is 1.27. The molecule has 0 aliphatic carbocycles. The van der Waals surface area contributed by atoms with Gasteiger partial charge in [0, 0.05) is 30.5 Å². The number of aryl methyl sites for hydroxylation is 1. The number of carbonyl (C=O) groups excluding carboxylic acids is 2. The molecular weight excluding hydrogens is 310 g/mol. The van der Waals surface area contributed by atoms with Crippen LogP contribution in [0.3, 0.4) is 0 Å². The van der Waals surface area contributed by atoms with Crippen LogP contribution in [0.4, 0.5) is 11.4 Å². The average molecular weight is 331 g/mol. The largest absolute Gasteiger partial charge is 0.395 e. The van der Waals surface area contributed by atoms with Gasteiger partial charge in [-0.15, -0.1) is 0 Å². The highest BCUT2D eigenvalue weighted by molar-refractivity contribution is 6.17.